The van der Waals surface area contributed by atoms with Gasteiger partial charge in [0, 0.05) is 6.07 Å². The summed E-state index contributed by atoms with van der Waals surface area (Å²) in [6.45, 7) is 2.04. The molecule has 0 bridgehead atoms. The number of aryl methyl sites for hydroxylation is 1. The van der Waals surface area contributed by atoms with E-state index in [0.29, 0.717) is 28.7 Å². The number of ether oxygens (including phenoxy) is 1. The maximum absolute atomic E-state index is 13.7. The third-order valence-electron chi connectivity index (χ3n) is 3.93. The third kappa shape index (κ3) is 2.63. The number of hydrogen-bond donors (Lipinski definition) is 1. The zero-order valence-corrected chi connectivity index (χ0v) is 13.1. The normalized spacial score (nSPS) is 12.1. The molecule has 0 aliphatic carbocycles. The fraction of sp³-hybridized carbons (Fsp3) is 0.111. The van der Waals surface area contributed by atoms with Gasteiger partial charge in [-0.3, -0.25) is 4.79 Å². The van der Waals surface area contributed by atoms with Crippen LogP contribution in [0.2, 0.25) is 0 Å². The molecular weight excluding hydrogens is 330 g/mol. The molecule has 7 heteroatoms. The molecule has 0 atom stereocenters. The Hall–Kier alpha value is -3.22. The molecule has 0 radical (unpaired) electrons. The second-order valence-electron chi connectivity index (χ2n) is 5.71. The molecule has 0 spiro atoms. The van der Waals surface area contributed by atoms with Crippen molar-refractivity contribution in [3.05, 3.63) is 64.9 Å². The zero-order valence-electron chi connectivity index (χ0n) is 13.1. The van der Waals surface area contributed by atoms with Crippen molar-refractivity contribution in [1.29, 1.82) is 0 Å². The van der Waals surface area contributed by atoms with Crippen molar-refractivity contribution in [1.82, 2.24) is 5.16 Å². The number of carbonyl (C=O) groups excluding carboxylic acids is 1. The number of benzene rings is 2. The predicted octanol–water partition coefficient (Wildman–Crippen LogP) is 4.07. The molecule has 0 saturated heterocycles. The van der Waals surface area contributed by atoms with E-state index in [-0.39, 0.29) is 18.0 Å². The van der Waals surface area contributed by atoms with Gasteiger partial charge in [-0.1, -0.05) is 16.8 Å². The Bertz CT molecular complexity index is 998. The monoisotopic (exact) mass is 342 g/mol. The van der Waals surface area contributed by atoms with E-state index in [1.807, 2.05) is 25.1 Å². The molecule has 4 rings (SSSR count). The molecule has 1 aromatic heterocycles. The minimum Gasteiger partial charge on any atom is -0.488 e. The van der Waals surface area contributed by atoms with Gasteiger partial charge in [0.2, 0.25) is 0 Å². The van der Waals surface area contributed by atoms with Gasteiger partial charge in [0.25, 0.3) is 5.91 Å². The Balaban J connectivity index is 1.68. The highest BCUT2D eigenvalue weighted by Crippen LogP contribution is 2.39. The van der Waals surface area contributed by atoms with Crippen LogP contribution in [0, 0.1) is 18.6 Å². The minimum atomic E-state index is -0.872. The van der Waals surface area contributed by atoms with Gasteiger partial charge in [0.05, 0.1) is 16.8 Å². The third-order valence-corrected chi connectivity index (χ3v) is 3.93. The van der Waals surface area contributed by atoms with E-state index < -0.39 is 17.5 Å². The predicted molar refractivity (Wildman–Crippen MR) is 85.3 cm³/mol. The molecule has 0 fully saturated rings. The van der Waals surface area contributed by atoms with Crippen molar-refractivity contribution in [3.8, 4) is 17.1 Å². The van der Waals surface area contributed by atoms with Gasteiger partial charge < -0.3 is 14.6 Å². The first-order chi connectivity index (χ1) is 12.0. The van der Waals surface area contributed by atoms with E-state index >= 15 is 0 Å². The van der Waals surface area contributed by atoms with E-state index in [2.05, 4.69) is 10.5 Å². The van der Waals surface area contributed by atoms with Crippen molar-refractivity contribution in [2.75, 3.05) is 5.32 Å². The molecule has 2 heterocycles. The largest absolute Gasteiger partial charge is 0.488 e. The topological polar surface area (TPSA) is 64.4 Å². The quantitative estimate of drug-likeness (QED) is 0.762. The number of carbonyl (C=O) groups is 1. The van der Waals surface area contributed by atoms with Gasteiger partial charge in [-0.25, -0.2) is 8.78 Å². The van der Waals surface area contributed by atoms with Crippen molar-refractivity contribution in [2.24, 2.45) is 0 Å². The lowest BCUT2D eigenvalue weighted by Crippen LogP contribution is -2.17. The number of nitrogens with one attached hydrogen (secondary N) is 1. The number of nitrogens with zero attached hydrogens (tertiary/aromatic N) is 1. The molecule has 126 valence electrons. The fourth-order valence-corrected chi connectivity index (χ4v) is 2.70. The minimum absolute atomic E-state index is 0.00545. The van der Waals surface area contributed by atoms with E-state index in [4.69, 9.17) is 9.26 Å². The van der Waals surface area contributed by atoms with Crippen molar-refractivity contribution < 1.29 is 22.8 Å². The van der Waals surface area contributed by atoms with Crippen molar-refractivity contribution >= 4 is 11.6 Å². The molecule has 1 N–H and O–H groups in total. The van der Waals surface area contributed by atoms with Crippen LogP contribution in [-0.2, 0) is 6.61 Å². The van der Waals surface area contributed by atoms with E-state index in [1.165, 1.54) is 0 Å². The molecule has 5 nitrogen and oxygen atoms in total. The summed E-state index contributed by atoms with van der Waals surface area (Å²) in [5, 5.41) is 6.17. The second-order valence-corrected chi connectivity index (χ2v) is 5.71. The van der Waals surface area contributed by atoms with E-state index in [0.717, 1.165) is 17.7 Å². The van der Waals surface area contributed by atoms with Gasteiger partial charge >= 0.3 is 0 Å². The fourth-order valence-electron chi connectivity index (χ4n) is 2.70. The van der Waals surface area contributed by atoms with Crippen LogP contribution < -0.4 is 10.1 Å². The standard InChI is InChI=1S/C18H12F2N2O3/c1-9-2-5-15-11(6-9)17-12(8-24-15)16(22-25-17)18(23)21-14-4-3-10(19)7-13(14)20/h2-7H,8H2,1H3,(H,21,23). The number of fused-ring (bicyclic) bond motifs is 3. The highest BCUT2D eigenvalue weighted by Gasteiger charge is 2.29. The average molecular weight is 342 g/mol. The summed E-state index contributed by atoms with van der Waals surface area (Å²) in [6, 6.07) is 8.49. The molecule has 3 aromatic rings. The Labute approximate surface area is 141 Å². The summed E-state index contributed by atoms with van der Waals surface area (Å²) in [6.07, 6.45) is 0. The van der Waals surface area contributed by atoms with Crippen LogP contribution in [0.3, 0.4) is 0 Å². The summed E-state index contributed by atoms with van der Waals surface area (Å²) >= 11 is 0. The van der Waals surface area contributed by atoms with Gasteiger partial charge in [0.1, 0.15) is 24.0 Å². The number of halogens is 2. The number of amides is 1. The maximum Gasteiger partial charge on any atom is 0.278 e. The second kappa shape index (κ2) is 5.70. The van der Waals surface area contributed by atoms with Crippen LogP contribution in [0.25, 0.3) is 11.3 Å². The molecule has 1 amide bonds. The summed E-state index contributed by atoms with van der Waals surface area (Å²) in [5.41, 5.74) is 2.06. The molecule has 0 unspecified atom stereocenters. The average Bonchev–Trinajstić information content (AvgIpc) is 3.02. The van der Waals surface area contributed by atoms with Crippen LogP contribution in [0.5, 0.6) is 5.75 Å². The molecule has 2 aromatic carbocycles. The van der Waals surface area contributed by atoms with Crippen molar-refractivity contribution in [3.63, 3.8) is 0 Å². The summed E-state index contributed by atoms with van der Waals surface area (Å²) in [7, 11) is 0. The van der Waals surface area contributed by atoms with Crippen molar-refractivity contribution in [2.45, 2.75) is 13.5 Å². The van der Waals surface area contributed by atoms with Crippen LogP contribution in [0.15, 0.2) is 40.9 Å². The van der Waals surface area contributed by atoms with Crippen LogP contribution >= 0.6 is 0 Å². The van der Waals surface area contributed by atoms with Crippen LogP contribution in [0.1, 0.15) is 21.6 Å². The van der Waals surface area contributed by atoms with Gasteiger partial charge in [-0.15, -0.1) is 0 Å². The summed E-state index contributed by atoms with van der Waals surface area (Å²) < 4.78 is 37.6. The van der Waals surface area contributed by atoms with E-state index in [1.54, 1.807) is 0 Å². The highest BCUT2D eigenvalue weighted by molar-refractivity contribution is 6.04. The number of hydrogen-bond acceptors (Lipinski definition) is 4. The van der Waals surface area contributed by atoms with E-state index in [9.17, 15) is 13.6 Å². The Morgan fingerprint density at radius 2 is 2.04 bits per heavy atom. The number of anilines is 1. The number of rotatable bonds is 2. The first kappa shape index (κ1) is 15.3. The SMILES string of the molecule is Cc1ccc2c(c1)-c1onc(C(=O)Nc3ccc(F)cc3F)c1CO2. The Kier molecular flexibility index (Phi) is 3.49. The first-order valence-electron chi connectivity index (χ1n) is 7.51. The lowest BCUT2D eigenvalue weighted by atomic mass is 10.0. The Morgan fingerprint density at radius 1 is 1.20 bits per heavy atom. The van der Waals surface area contributed by atoms with Gasteiger partial charge in [-0.2, -0.15) is 0 Å². The smallest absolute Gasteiger partial charge is 0.278 e. The lowest BCUT2D eigenvalue weighted by Gasteiger charge is -2.16. The molecule has 25 heavy (non-hydrogen) atoms. The summed E-state index contributed by atoms with van der Waals surface area (Å²) in [5.74, 6) is -1.16. The highest BCUT2D eigenvalue weighted by atomic mass is 19.1. The van der Waals surface area contributed by atoms with Crippen LogP contribution in [0.4, 0.5) is 14.5 Å². The Morgan fingerprint density at radius 3 is 2.84 bits per heavy atom. The molecule has 1 aliphatic rings. The summed E-state index contributed by atoms with van der Waals surface area (Å²) in [4.78, 5) is 12.4. The van der Waals surface area contributed by atoms with Gasteiger partial charge in [0.15, 0.2) is 11.5 Å². The van der Waals surface area contributed by atoms with Gasteiger partial charge in [-0.05, 0) is 31.2 Å². The van der Waals surface area contributed by atoms with Crippen LogP contribution in [-0.4, -0.2) is 11.1 Å². The number of aromatic nitrogens is 1. The molecule has 1 aliphatic heterocycles. The maximum atomic E-state index is 13.7. The lowest BCUT2D eigenvalue weighted by molar-refractivity contribution is 0.101. The molecule has 0 saturated carbocycles. The zero-order chi connectivity index (χ0) is 17.6. The molecular formula is C18H12F2N2O3. The first-order valence-corrected chi connectivity index (χ1v) is 7.51.